The highest BCUT2D eigenvalue weighted by atomic mass is 32.2. The van der Waals surface area contributed by atoms with Gasteiger partial charge >= 0.3 is 6.03 Å². The van der Waals surface area contributed by atoms with Gasteiger partial charge in [-0.25, -0.2) is 13.2 Å². The van der Waals surface area contributed by atoms with Crippen LogP contribution in [0.1, 0.15) is 19.4 Å². The van der Waals surface area contributed by atoms with Gasteiger partial charge < -0.3 is 15.5 Å². The lowest BCUT2D eigenvalue weighted by molar-refractivity contribution is 0.172. The van der Waals surface area contributed by atoms with Crippen LogP contribution in [0, 0.1) is 5.92 Å². The summed E-state index contributed by atoms with van der Waals surface area (Å²) in [5.74, 6) is 0.565. The van der Waals surface area contributed by atoms with Crippen LogP contribution in [0.3, 0.4) is 0 Å². The number of hydrogen-bond donors (Lipinski definition) is 2. The molecular formula is C21H29N5O3S. The standard InChI is InChI=1S/C21H29N5O3S/c1-17(2)16-25-10-12-26(13-11-25)30(28,29)20-7-5-19(6-8-20)24-21(27)23-15-18-4-3-9-22-14-18/h3-9,14,17H,10-13,15-16H2,1-2H3,(H2,23,24,27). The zero-order valence-corrected chi connectivity index (χ0v) is 18.2. The third-order valence-electron chi connectivity index (χ3n) is 4.88. The van der Waals surface area contributed by atoms with Crippen LogP contribution in [0.4, 0.5) is 10.5 Å². The number of rotatable bonds is 7. The second kappa shape index (κ2) is 10.0. The number of carbonyl (C=O) groups excluding carboxylic acids is 1. The molecule has 0 bridgehead atoms. The van der Waals surface area contributed by atoms with E-state index in [0.29, 0.717) is 31.2 Å². The fourth-order valence-electron chi connectivity index (χ4n) is 3.39. The molecule has 9 heteroatoms. The lowest BCUT2D eigenvalue weighted by atomic mass is 10.2. The number of amides is 2. The second-order valence-electron chi connectivity index (χ2n) is 7.79. The first kappa shape index (κ1) is 22.2. The quantitative estimate of drug-likeness (QED) is 0.702. The second-order valence-corrected chi connectivity index (χ2v) is 9.73. The largest absolute Gasteiger partial charge is 0.334 e. The molecule has 1 saturated heterocycles. The van der Waals surface area contributed by atoms with Crippen molar-refractivity contribution >= 4 is 21.7 Å². The number of nitrogens with one attached hydrogen (secondary N) is 2. The maximum Gasteiger partial charge on any atom is 0.319 e. The highest BCUT2D eigenvalue weighted by Gasteiger charge is 2.28. The minimum atomic E-state index is -3.53. The van der Waals surface area contributed by atoms with Crippen molar-refractivity contribution in [3.63, 3.8) is 0 Å². The van der Waals surface area contributed by atoms with Crippen molar-refractivity contribution in [3.8, 4) is 0 Å². The molecule has 0 radical (unpaired) electrons. The fourth-order valence-corrected chi connectivity index (χ4v) is 4.81. The van der Waals surface area contributed by atoms with Crippen LogP contribution in [0.15, 0.2) is 53.7 Å². The summed E-state index contributed by atoms with van der Waals surface area (Å²) in [6.45, 7) is 8.14. The Kier molecular flexibility index (Phi) is 7.41. The van der Waals surface area contributed by atoms with Crippen molar-refractivity contribution in [2.24, 2.45) is 5.92 Å². The average molecular weight is 432 g/mol. The number of urea groups is 1. The lowest BCUT2D eigenvalue weighted by Crippen LogP contribution is -2.49. The maximum atomic E-state index is 12.9. The third-order valence-corrected chi connectivity index (χ3v) is 6.79. The molecule has 162 valence electrons. The zero-order valence-electron chi connectivity index (χ0n) is 17.4. The molecule has 3 rings (SSSR count). The maximum absolute atomic E-state index is 12.9. The first-order valence-electron chi connectivity index (χ1n) is 10.1. The Hall–Kier alpha value is -2.49. The molecule has 1 aromatic heterocycles. The van der Waals surface area contributed by atoms with Crippen LogP contribution in [0.5, 0.6) is 0 Å². The van der Waals surface area contributed by atoms with Crippen LogP contribution >= 0.6 is 0 Å². The Morgan fingerprint density at radius 2 is 1.80 bits per heavy atom. The molecule has 0 spiro atoms. The average Bonchev–Trinajstić information content (AvgIpc) is 2.73. The topological polar surface area (TPSA) is 94.6 Å². The molecule has 0 atom stereocenters. The van der Waals surface area contributed by atoms with Gasteiger partial charge in [-0.1, -0.05) is 19.9 Å². The molecule has 1 aromatic carbocycles. The van der Waals surface area contributed by atoms with Crippen molar-refractivity contribution < 1.29 is 13.2 Å². The van der Waals surface area contributed by atoms with Gasteiger partial charge in [0, 0.05) is 57.3 Å². The summed E-state index contributed by atoms with van der Waals surface area (Å²) in [5.41, 5.74) is 1.42. The lowest BCUT2D eigenvalue weighted by Gasteiger charge is -2.34. The molecule has 0 saturated carbocycles. The number of nitrogens with zero attached hydrogens (tertiary/aromatic N) is 3. The van der Waals surface area contributed by atoms with Crippen LogP contribution in [-0.2, 0) is 16.6 Å². The number of aromatic nitrogens is 1. The number of carbonyl (C=O) groups is 1. The monoisotopic (exact) mass is 431 g/mol. The van der Waals surface area contributed by atoms with E-state index < -0.39 is 10.0 Å². The molecule has 1 fully saturated rings. The zero-order chi connectivity index (χ0) is 21.6. The van der Waals surface area contributed by atoms with Gasteiger partial charge in [0.2, 0.25) is 10.0 Å². The van der Waals surface area contributed by atoms with Crippen molar-refractivity contribution in [2.75, 3.05) is 38.0 Å². The highest BCUT2D eigenvalue weighted by molar-refractivity contribution is 7.89. The van der Waals surface area contributed by atoms with E-state index in [9.17, 15) is 13.2 Å². The molecule has 1 aliphatic heterocycles. The van der Waals surface area contributed by atoms with E-state index in [1.165, 1.54) is 16.4 Å². The summed E-state index contributed by atoms with van der Waals surface area (Å²) in [7, 11) is -3.53. The summed E-state index contributed by atoms with van der Waals surface area (Å²) in [4.78, 5) is 18.6. The van der Waals surface area contributed by atoms with Gasteiger partial charge in [-0.05, 0) is 41.8 Å². The predicted octanol–water partition coefficient (Wildman–Crippen LogP) is 2.37. The van der Waals surface area contributed by atoms with Gasteiger partial charge in [0.25, 0.3) is 0 Å². The van der Waals surface area contributed by atoms with E-state index in [4.69, 9.17) is 0 Å². The minimum Gasteiger partial charge on any atom is -0.334 e. The number of sulfonamides is 1. The number of benzene rings is 1. The minimum absolute atomic E-state index is 0.237. The van der Waals surface area contributed by atoms with E-state index >= 15 is 0 Å². The van der Waals surface area contributed by atoms with E-state index in [1.54, 1.807) is 30.6 Å². The summed E-state index contributed by atoms with van der Waals surface area (Å²) in [6.07, 6.45) is 3.35. The van der Waals surface area contributed by atoms with Crippen molar-refractivity contribution in [1.82, 2.24) is 19.5 Å². The van der Waals surface area contributed by atoms with Crippen LogP contribution in [0.2, 0.25) is 0 Å². The molecule has 0 aliphatic carbocycles. The van der Waals surface area contributed by atoms with Gasteiger partial charge in [0.15, 0.2) is 0 Å². The predicted molar refractivity (Wildman–Crippen MR) is 117 cm³/mol. The first-order chi connectivity index (χ1) is 14.3. The van der Waals surface area contributed by atoms with Gasteiger partial charge in [-0.2, -0.15) is 4.31 Å². The SMILES string of the molecule is CC(C)CN1CCN(S(=O)(=O)c2ccc(NC(=O)NCc3cccnc3)cc2)CC1. The first-order valence-corrected chi connectivity index (χ1v) is 11.5. The normalized spacial score (nSPS) is 15.8. The Bertz CT molecular complexity index is 925. The Morgan fingerprint density at radius 3 is 2.40 bits per heavy atom. The molecule has 30 heavy (non-hydrogen) atoms. The molecule has 8 nitrogen and oxygen atoms in total. The highest BCUT2D eigenvalue weighted by Crippen LogP contribution is 2.20. The molecular weight excluding hydrogens is 402 g/mol. The summed E-state index contributed by atoms with van der Waals surface area (Å²) >= 11 is 0. The smallest absolute Gasteiger partial charge is 0.319 e. The third kappa shape index (κ3) is 6.01. The van der Waals surface area contributed by atoms with Gasteiger partial charge in [-0.15, -0.1) is 0 Å². The summed E-state index contributed by atoms with van der Waals surface area (Å²) in [6, 6.07) is 9.58. The molecule has 2 heterocycles. The van der Waals surface area contributed by atoms with E-state index in [1.807, 2.05) is 6.07 Å². The molecule has 1 aliphatic rings. The number of pyridine rings is 1. The fraction of sp³-hybridized carbons (Fsp3) is 0.429. The van der Waals surface area contributed by atoms with Gasteiger partial charge in [0.05, 0.1) is 4.90 Å². The molecule has 2 amide bonds. The van der Waals surface area contributed by atoms with Gasteiger partial charge in [-0.3, -0.25) is 4.98 Å². The van der Waals surface area contributed by atoms with Crippen molar-refractivity contribution in [3.05, 3.63) is 54.4 Å². The van der Waals surface area contributed by atoms with Crippen LogP contribution in [0.25, 0.3) is 0 Å². The Labute approximate surface area is 178 Å². The Morgan fingerprint density at radius 1 is 1.10 bits per heavy atom. The summed E-state index contributed by atoms with van der Waals surface area (Å²) in [5, 5.41) is 5.45. The van der Waals surface area contributed by atoms with Crippen LogP contribution in [-0.4, -0.2) is 61.4 Å². The van der Waals surface area contributed by atoms with Gasteiger partial charge in [0.1, 0.15) is 0 Å². The Balaban J connectivity index is 1.53. The van der Waals surface area contributed by atoms with Crippen molar-refractivity contribution in [2.45, 2.75) is 25.3 Å². The molecule has 2 N–H and O–H groups in total. The number of hydrogen-bond acceptors (Lipinski definition) is 5. The van der Waals surface area contributed by atoms with E-state index in [-0.39, 0.29) is 10.9 Å². The van der Waals surface area contributed by atoms with Crippen LogP contribution < -0.4 is 10.6 Å². The van der Waals surface area contributed by atoms with Crippen molar-refractivity contribution in [1.29, 1.82) is 0 Å². The number of anilines is 1. The van der Waals surface area contributed by atoms with E-state index in [0.717, 1.165) is 25.2 Å². The molecule has 0 unspecified atom stereocenters. The summed E-state index contributed by atoms with van der Waals surface area (Å²) < 4.78 is 27.4. The molecule has 2 aromatic rings. The van der Waals surface area contributed by atoms with E-state index in [2.05, 4.69) is 34.4 Å². The number of piperazine rings is 1.